The van der Waals surface area contributed by atoms with Crippen molar-refractivity contribution in [2.24, 2.45) is 11.5 Å². The van der Waals surface area contributed by atoms with E-state index >= 15 is 0 Å². The molecule has 2 aliphatic heterocycles. The second kappa shape index (κ2) is 6.68. The second-order valence-electron chi connectivity index (χ2n) is 6.56. The number of nitrogens with one attached hydrogen (secondary N) is 1. The molecule has 5 N–H and O–H groups in total. The van der Waals surface area contributed by atoms with Crippen molar-refractivity contribution in [3.8, 4) is 0 Å². The third-order valence-electron chi connectivity index (χ3n) is 4.10. The van der Waals surface area contributed by atoms with Crippen molar-refractivity contribution in [3.63, 3.8) is 0 Å². The fourth-order valence-corrected chi connectivity index (χ4v) is 2.33. The van der Waals surface area contributed by atoms with Crippen molar-refractivity contribution < 1.29 is 4.79 Å². The van der Waals surface area contributed by atoms with E-state index in [1.165, 1.54) is 0 Å². The molecule has 0 unspecified atom stereocenters. The number of nitrogens with two attached hydrogens (primary N) is 2. The van der Waals surface area contributed by atoms with Gasteiger partial charge in [-0.15, -0.1) is 0 Å². The average molecular weight is 270 g/mol. The molecule has 1 amide bonds. The summed E-state index contributed by atoms with van der Waals surface area (Å²) in [5.41, 5.74) is 11.8. The minimum Gasteiger partial charge on any atom is -0.343 e. The molecule has 112 valence electrons. The van der Waals surface area contributed by atoms with Crippen LogP contribution in [0.25, 0.3) is 0 Å². The van der Waals surface area contributed by atoms with Crippen molar-refractivity contribution in [1.82, 2.24) is 10.2 Å². The normalized spacial score (nSPS) is 25.2. The lowest BCUT2D eigenvalue weighted by atomic mass is 9.91. The van der Waals surface area contributed by atoms with Gasteiger partial charge in [-0.3, -0.25) is 4.79 Å². The van der Waals surface area contributed by atoms with Gasteiger partial charge >= 0.3 is 0 Å². The lowest BCUT2D eigenvalue weighted by Gasteiger charge is -2.36. The standard InChI is InChI=1S/C8H16N2O.C6H14N2/c1-7(11)10-5-3-8(2,9)4-6-10;1-6(7)2-4-8-5-3-6/h3-6,9H2,1-2H3;8H,2-5,7H2,1H3. The Morgan fingerprint density at radius 2 is 1.42 bits per heavy atom. The molecule has 0 spiro atoms. The van der Waals surface area contributed by atoms with Crippen molar-refractivity contribution >= 4 is 5.91 Å². The van der Waals surface area contributed by atoms with E-state index in [1.54, 1.807) is 6.92 Å². The Morgan fingerprint density at radius 1 is 1.00 bits per heavy atom. The number of rotatable bonds is 0. The van der Waals surface area contributed by atoms with Gasteiger partial charge in [-0.1, -0.05) is 0 Å². The van der Waals surface area contributed by atoms with Gasteiger partial charge in [0.05, 0.1) is 0 Å². The first kappa shape index (κ1) is 16.4. The van der Waals surface area contributed by atoms with Gasteiger partial charge in [0.25, 0.3) is 0 Å². The van der Waals surface area contributed by atoms with Crippen molar-refractivity contribution in [1.29, 1.82) is 0 Å². The molecule has 5 nitrogen and oxygen atoms in total. The summed E-state index contributed by atoms with van der Waals surface area (Å²) in [4.78, 5) is 12.8. The highest BCUT2D eigenvalue weighted by Crippen LogP contribution is 2.18. The molecule has 0 aromatic carbocycles. The number of likely N-dealkylation sites (tertiary alicyclic amines) is 1. The highest BCUT2D eigenvalue weighted by atomic mass is 16.2. The van der Waals surface area contributed by atoms with Crippen LogP contribution >= 0.6 is 0 Å². The summed E-state index contributed by atoms with van der Waals surface area (Å²) in [5, 5.41) is 3.26. The summed E-state index contributed by atoms with van der Waals surface area (Å²) in [5.74, 6) is 0.167. The van der Waals surface area contributed by atoms with E-state index in [1.807, 2.05) is 11.8 Å². The average Bonchev–Trinajstić information content (AvgIpc) is 2.28. The summed E-state index contributed by atoms with van der Waals surface area (Å²) >= 11 is 0. The molecule has 0 saturated carbocycles. The summed E-state index contributed by atoms with van der Waals surface area (Å²) < 4.78 is 0. The van der Waals surface area contributed by atoms with Crippen LogP contribution in [0.15, 0.2) is 0 Å². The summed E-state index contributed by atoms with van der Waals surface area (Å²) in [6.45, 7) is 9.60. The Balaban J connectivity index is 0.000000200. The molecule has 0 bridgehead atoms. The largest absolute Gasteiger partial charge is 0.343 e. The fraction of sp³-hybridized carbons (Fsp3) is 0.929. The molecule has 5 heteroatoms. The van der Waals surface area contributed by atoms with Crippen LogP contribution in [0.4, 0.5) is 0 Å². The molecular weight excluding hydrogens is 240 g/mol. The topological polar surface area (TPSA) is 84.4 Å². The predicted molar refractivity (Wildman–Crippen MR) is 78.8 cm³/mol. The maximum absolute atomic E-state index is 10.9. The Bertz CT molecular complexity index is 284. The van der Waals surface area contributed by atoms with Gasteiger partial charge in [0.2, 0.25) is 5.91 Å². The molecule has 2 fully saturated rings. The quantitative estimate of drug-likeness (QED) is 0.596. The van der Waals surface area contributed by atoms with Gasteiger partial charge in [0.1, 0.15) is 0 Å². The summed E-state index contributed by atoms with van der Waals surface area (Å²) in [6, 6.07) is 0. The van der Waals surface area contributed by atoms with E-state index in [9.17, 15) is 4.79 Å². The maximum atomic E-state index is 10.9. The van der Waals surface area contributed by atoms with Crippen LogP contribution in [0.5, 0.6) is 0 Å². The molecule has 19 heavy (non-hydrogen) atoms. The smallest absolute Gasteiger partial charge is 0.219 e. The third kappa shape index (κ3) is 6.36. The number of carbonyl (C=O) groups excluding carboxylic acids is 1. The Morgan fingerprint density at radius 3 is 1.74 bits per heavy atom. The molecule has 2 heterocycles. The first-order valence-corrected chi connectivity index (χ1v) is 7.26. The van der Waals surface area contributed by atoms with E-state index in [0.717, 1.165) is 51.9 Å². The first-order chi connectivity index (χ1) is 8.72. The third-order valence-corrected chi connectivity index (χ3v) is 4.10. The monoisotopic (exact) mass is 270 g/mol. The lowest BCUT2D eigenvalue weighted by molar-refractivity contribution is -0.130. The number of hydrogen-bond acceptors (Lipinski definition) is 4. The van der Waals surface area contributed by atoms with Crippen LogP contribution in [0.1, 0.15) is 46.5 Å². The zero-order valence-corrected chi connectivity index (χ0v) is 12.7. The Hall–Kier alpha value is -0.650. The fourth-order valence-electron chi connectivity index (χ4n) is 2.33. The van der Waals surface area contributed by atoms with Crippen LogP contribution in [0.2, 0.25) is 0 Å². The SMILES string of the molecule is CC(=O)N1CCC(C)(N)CC1.CC1(N)CCNCC1. The maximum Gasteiger partial charge on any atom is 0.219 e. The molecular formula is C14H30N4O. The van der Waals surface area contributed by atoms with Crippen LogP contribution in [-0.2, 0) is 4.79 Å². The molecule has 0 radical (unpaired) electrons. The zero-order valence-electron chi connectivity index (χ0n) is 12.7. The molecule has 2 aliphatic rings. The number of hydrogen-bond donors (Lipinski definition) is 3. The molecule has 0 aromatic rings. The summed E-state index contributed by atoms with van der Waals surface area (Å²) in [7, 11) is 0. The number of amides is 1. The van der Waals surface area contributed by atoms with Crippen LogP contribution in [0.3, 0.4) is 0 Å². The first-order valence-electron chi connectivity index (χ1n) is 7.26. The predicted octanol–water partition coefficient (Wildman–Crippen LogP) is 0.433. The van der Waals surface area contributed by atoms with E-state index in [4.69, 9.17) is 11.5 Å². The number of carbonyl (C=O) groups is 1. The number of piperidine rings is 2. The van der Waals surface area contributed by atoms with Crippen LogP contribution < -0.4 is 16.8 Å². The zero-order chi connectivity index (χ0) is 14.5. The highest BCUT2D eigenvalue weighted by Gasteiger charge is 2.26. The van der Waals surface area contributed by atoms with Gasteiger partial charge in [0, 0.05) is 31.1 Å². The van der Waals surface area contributed by atoms with E-state index in [2.05, 4.69) is 12.2 Å². The van der Waals surface area contributed by atoms with E-state index in [-0.39, 0.29) is 17.0 Å². The number of nitrogens with zero attached hydrogens (tertiary/aromatic N) is 1. The molecule has 2 saturated heterocycles. The Kier molecular flexibility index (Phi) is 5.77. The van der Waals surface area contributed by atoms with E-state index < -0.39 is 0 Å². The Labute approximate surface area is 117 Å². The van der Waals surface area contributed by atoms with Crippen LogP contribution in [0, 0.1) is 0 Å². The second-order valence-corrected chi connectivity index (χ2v) is 6.56. The van der Waals surface area contributed by atoms with Crippen molar-refractivity contribution in [3.05, 3.63) is 0 Å². The minimum atomic E-state index is -0.0497. The summed E-state index contributed by atoms with van der Waals surface area (Å²) in [6.07, 6.45) is 4.08. The van der Waals surface area contributed by atoms with Crippen molar-refractivity contribution in [2.45, 2.75) is 57.5 Å². The van der Waals surface area contributed by atoms with Crippen molar-refractivity contribution in [2.75, 3.05) is 26.2 Å². The van der Waals surface area contributed by atoms with Gasteiger partial charge in [-0.05, 0) is 52.6 Å². The van der Waals surface area contributed by atoms with E-state index in [0.29, 0.717) is 0 Å². The molecule has 0 atom stereocenters. The highest BCUT2D eigenvalue weighted by molar-refractivity contribution is 5.73. The van der Waals surface area contributed by atoms with Gasteiger partial charge in [-0.2, -0.15) is 0 Å². The van der Waals surface area contributed by atoms with Gasteiger partial charge in [-0.25, -0.2) is 0 Å². The molecule has 2 rings (SSSR count). The van der Waals surface area contributed by atoms with Gasteiger partial charge < -0.3 is 21.7 Å². The minimum absolute atomic E-state index is 0.0497. The molecule has 0 aliphatic carbocycles. The lowest BCUT2D eigenvalue weighted by Crippen LogP contribution is -2.49. The van der Waals surface area contributed by atoms with Gasteiger partial charge in [0.15, 0.2) is 0 Å². The molecule has 0 aromatic heterocycles. The van der Waals surface area contributed by atoms with Crippen LogP contribution in [-0.4, -0.2) is 48.1 Å².